The molecule has 0 aliphatic carbocycles. The largest absolute Gasteiger partial charge is 0.356 e. The Morgan fingerprint density at radius 2 is 2.06 bits per heavy atom. The maximum Gasteiger partial charge on any atom is 0.169 e. The van der Waals surface area contributed by atoms with Gasteiger partial charge >= 0.3 is 0 Å². The van der Waals surface area contributed by atoms with Crippen molar-refractivity contribution in [1.29, 1.82) is 0 Å². The Bertz CT molecular complexity index is 391. The van der Waals surface area contributed by atoms with Gasteiger partial charge in [0.1, 0.15) is 0 Å². The topological polar surface area (TPSA) is 15.3 Å². The van der Waals surface area contributed by atoms with Gasteiger partial charge in [0.15, 0.2) is 5.11 Å². The molecule has 1 aliphatic heterocycles. The SMILES string of the molecule is C[C@H](NC(=S)N1CCCC[C@@H]1C)c1ccccc1. The lowest BCUT2D eigenvalue weighted by atomic mass is 10.0. The highest BCUT2D eigenvalue weighted by Crippen LogP contribution is 2.18. The second-order valence-corrected chi connectivity index (χ2v) is 5.51. The zero-order valence-electron chi connectivity index (χ0n) is 11.2. The Labute approximate surface area is 115 Å². The molecule has 1 aromatic carbocycles. The van der Waals surface area contributed by atoms with Crippen LogP contribution in [-0.2, 0) is 0 Å². The summed E-state index contributed by atoms with van der Waals surface area (Å²) in [6.45, 7) is 5.52. The number of thiocarbonyl (C=S) groups is 1. The summed E-state index contributed by atoms with van der Waals surface area (Å²) in [5.74, 6) is 0. The van der Waals surface area contributed by atoms with Gasteiger partial charge in [0.2, 0.25) is 0 Å². The number of benzene rings is 1. The molecule has 1 fully saturated rings. The van der Waals surface area contributed by atoms with Gasteiger partial charge in [-0.05, 0) is 50.9 Å². The number of hydrogen-bond acceptors (Lipinski definition) is 1. The van der Waals surface area contributed by atoms with E-state index in [1.165, 1.54) is 24.8 Å². The lowest BCUT2D eigenvalue weighted by Crippen LogP contribution is -2.47. The van der Waals surface area contributed by atoms with Crippen LogP contribution in [0.5, 0.6) is 0 Å². The fraction of sp³-hybridized carbons (Fsp3) is 0.533. The Morgan fingerprint density at radius 1 is 1.33 bits per heavy atom. The Balaban J connectivity index is 1.94. The number of nitrogens with one attached hydrogen (secondary N) is 1. The fourth-order valence-corrected chi connectivity index (χ4v) is 2.94. The molecule has 1 aliphatic rings. The smallest absolute Gasteiger partial charge is 0.169 e. The lowest BCUT2D eigenvalue weighted by molar-refractivity contribution is 0.253. The molecule has 18 heavy (non-hydrogen) atoms. The Morgan fingerprint density at radius 3 is 2.72 bits per heavy atom. The van der Waals surface area contributed by atoms with Gasteiger partial charge in [0.05, 0.1) is 6.04 Å². The minimum atomic E-state index is 0.271. The summed E-state index contributed by atoms with van der Waals surface area (Å²) < 4.78 is 0. The number of nitrogens with zero attached hydrogens (tertiary/aromatic N) is 1. The van der Waals surface area contributed by atoms with Crippen LogP contribution in [0, 0.1) is 0 Å². The molecule has 98 valence electrons. The van der Waals surface area contributed by atoms with Crippen LogP contribution in [0.25, 0.3) is 0 Å². The number of hydrogen-bond donors (Lipinski definition) is 1. The summed E-state index contributed by atoms with van der Waals surface area (Å²) in [7, 11) is 0. The van der Waals surface area contributed by atoms with E-state index in [1.807, 2.05) is 6.07 Å². The molecule has 0 saturated carbocycles. The third-order valence-corrected chi connectivity index (χ3v) is 4.06. The third-order valence-electron chi connectivity index (χ3n) is 3.70. The summed E-state index contributed by atoms with van der Waals surface area (Å²) in [6.07, 6.45) is 3.84. The van der Waals surface area contributed by atoms with Gasteiger partial charge < -0.3 is 10.2 Å². The van der Waals surface area contributed by atoms with E-state index < -0.39 is 0 Å². The van der Waals surface area contributed by atoms with Gasteiger partial charge in [0, 0.05) is 12.6 Å². The zero-order valence-corrected chi connectivity index (χ0v) is 12.0. The summed E-state index contributed by atoms with van der Waals surface area (Å²) in [5, 5.41) is 4.36. The minimum absolute atomic E-state index is 0.271. The maximum atomic E-state index is 5.54. The molecular formula is C15H22N2S. The van der Waals surface area contributed by atoms with E-state index in [0.717, 1.165) is 11.7 Å². The molecule has 0 aromatic heterocycles. The minimum Gasteiger partial charge on any atom is -0.356 e. The van der Waals surface area contributed by atoms with Crippen LogP contribution < -0.4 is 5.32 Å². The van der Waals surface area contributed by atoms with Gasteiger partial charge in [-0.3, -0.25) is 0 Å². The van der Waals surface area contributed by atoms with Crippen molar-refractivity contribution in [3.05, 3.63) is 35.9 Å². The summed E-state index contributed by atoms with van der Waals surface area (Å²) in [6, 6.07) is 11.3. The predicted octanol–water partition coefficient (Wildman–Crippen LogP) is 3.50. The van der Waals surface area contributed by atoms with E-state index in [4.69, 9.17) is 12.2 Å². The van der Waals surface area contributed by atoms with Crippen molar-refractivity contribution in [2.45, 2.75) is 45.2 Å². The highest BCUT2D eigenvalue weighted by molar-refractivity contribution is 7.80. The molecule has 1 aromatic rings. The molecule has 0 bridgehead atoms. The van der Waals surface area contributed by atoms with Gasteiger partial charge in [-0.15, -0.1) is 0 Å². The van der Waals surface area contributed by atoms with Crippen molar-refractivity contribution in [3.8, 4) is 0 Å². The second-order valence-electron chi connectivity index (χ2n) is 5.12. The first kappa shape index (κ1) is 13.3. The first-order chi connectivity index (χ1) is 8.68. The van der Waals surface area contributed by atoms with Gasteiger partial charge in [-0.25, -0.2) is 0 Å². The van der Waals surface area contributed by atoms with Crippen LogP contribution in [0.4, 0.5) is 0 Å². The van der Waals surface area contributed by atoms with E-state index in [0.29, 0.717) is 6.04 Å². The van der Waals surface area contributed by atoms with Crippen LogP contribution in [-0.4, -0.2) is 22.6 Å². The third kappa shape index (κ3) is 3.22. The van der Waals surface area contributed by atoms with E-state index in [1.54, 1.807) is 0 Å². The normalized spacial score (nSPS) is 21.4. The molecule has 1 heterocycles. The van der Waals surface area contributed by atoms with Crippen LogP contribution in [0.2, 0.25) is 0 Å². The lowest BCUT2D eigenvalue weighted by Gasteiger charge is -2.36. The van der Waals surface area contributed by atoms with Crippen molar-refractivity contribution >= 4 is 17.3 Å². The Kier molecular flexibility index (Phi) is 4.59. The molecule has 2 rings (SSSR count). The van der Waals surface area contributed by atoms with Crippen LogP contribution in [0.1, 0.15) is 44.7 Å². The molecule has 1 saturated heterocycles. The van der Waals surface area contributed by atoms with Gasteiger partial charge in [0.25, 0.3) is 0 Å². The van der Waals surface area contributed by atoms with Crippen molar-refractivity contribution in [2.24, 2.45) is 0 Å². The van der Waals surface area contributed by atoms with Gasteiger partial charge in [-0.2, -0.15) is 0 Å². The first-order valence-corrected chi connectivity index (χ1v) is 7.21. The molecule has 2 atom stereocenters. The van der Waals surface area contributed by atoms with Crippen molar-refractivity contribution < 1.29 is 0 Å². The standard InChI is InChI=1S/C15H22N2S/c1-12-8-6-7-11-17(12)15(18)16-13(2)14-9-4-3-5-10-14/h3-5,9-10,12-13H,6-8,11H2,1-2H3,(H,16,18)/t12-,13-/m0/s1. The number of rotatable bonds is 2. The number of piperidine rings is 1. The molecule has 0 amide bonds. The van der Waals surface area contributed by atoms with Crippen LogP contribution in [0.3, 0.4) is 0 Å². The van der Waals surface area contributed by atoms with E-state index >= 15 is 0 Å². The van der Waals surface area contributed by atoms with Crippen molar-refractivity contribution in [2.75, 3.05) is 6.54 Å². The summed E-state index contributed by atoms with van der Waals surface area (Å²) in [4.78, 5) is 2.33. The molecule has 2 nitrogen and oxygen atoms in total. The Hall–Kier alpha value is -1.09. The second kappa shape index (κ2) is 6.19. The maximum absolute atomic E-state index is 5.54. The highest BCUT2D eigenvalue weighted by Gasteiger charge is 2.21. The molecule has 3 heteroatoms. The molecule has 0 spiro atoms. The number of likely N-dealkylation sites (tertiary alicyclic amines) is 1. The zero-order chi connectivity index (χ0) is 13.0. The quantitative estimate of drug-likeness (QED) is 0.821. The summed E-state index contributed by atoms with van der Waals surface area (Å²) >= 11 is 5.54. The average molecular weight is 262 g/mol. The summed E-state index contributed by atoms with van der Waals surface area (Å²) in [5.41, 5.74) is 1.28. The van der Waals surface area contributed by atoms with Crippen LogP contribution >= 0.6 is 12.2 Å². The molecule has 0 unspecified atom stereocenters. The average Bonchev–Trinajstić information content (AvgIpc) is 2.40. The fourth-order valence-electron chi connectivity index (χ4n) is 2.49. The van der Waals surface area contributed by atoms with Gasteiger partial charge in [-0.1, -0.05) is 30.3 Å². The monoisotopic (exact) mass is 262 g/mol. The van der Waals surface area contributed by atoms with E-state index in [9.17, 15) is 0 Å². The van der Waals surface area contributed by atoms with Crippen molar-refractivity contribution in [3.63, 3.8) is 0 Å². The predicted molar refractivity (Wildman–Crippen MR) is 80.6 cm³/mol. The molecule has 0 radical (unpaired) electrons. The van der Waals surface area contributed by atoms with Crippen LogP contribution in [0.15, 0.2) is 30.3 Å². The molecule has 1 N–H and O–H groups in total. The van der Waals surface area contributed by atoms with E-state index in [-0.39, 0.29) is 6.04 Å². The highest BCUT2D eigenvalue weighted by atomic mass is 32.1. The first-order valence-electron chi connectivity index (χ1n) is 6.80. The molecular weight excluding hydrogens is 240 g/mol. The van der Waals surface area contributed by atoms with Crippen molar-refractivity contribution in [1.82, 2.24) is 10.2 Å². The van der Waals surface area contributed by atoms with E-state index in [2.05, 4.69) is 48.3 Å².